The largest absolute Gasteiger partial charge is 0.468 e. The number of benzene rings is 1. The molecular weight excluding hydrogens is 339 g/mol. The van der Waals surface area contributed by atoms with Gasteiger partial charge in [0.25, 0.3) is 0 Å². The smallest absolute Gasteiger partial charge is 0.243 e. The van der Waals surface area contributed by atoms with Crippen molar-refractivity contribution >= 4 is 17.5 Å². The van der Waals surface area contributed by atoms with E-state index in [0.29, 0.717) is 11.8 Å². The van der Waals surface area contributed by atoms with Gasteiger partial charge in [0.15, 0.2) is 17.5 Å². The fourth-order valence-electron chi connectivity index (χ4n) is 1.94. The molecule has 0 fully saturated rings. The van der Waals surface area contributed by atoms with Crippen LogP contribution >= 0.6 is 0 Å². The summed E-state index contributed by atoms with van der Waals surface area (Å²) in [4.78, 5) is 23.3. The van der Waals surface area contributed by atoms with E-state index in [1.165, 1.54) is 6.26 Å². The molecule has 1 atom stereocenters. The molecule has 2 aromatic rings. The predicted molar refractivity (Wildman–Crippen MR) is 83.1 cm³/mol. The van der Waals surface area contributed by atoms with E-state index in [9.17, 15) is 22.8 Å². The highest BCUT2D eigenvalue weighted by Crippen LogP contribution is 2.19. The maximum Gasteiger partial charge on any atom is 0.243 e. The van der Waals surface area contributed by atoms with Crippen LogP contribution in [0, 0.1) is 17.5 Å². The van der Waals surface area contributed by atoms with Gasteiger partial charge in [-0.1, -0.05) is 0 Å². The van der Waals surface area contributed by atoms with Gasteiger partial charge >= 0.3 is 0 Å². The molecule has 2 rings (SSSR count). The van der Waals surface area contributed by atoms with Gasteiger partial charge in [-0.3, -0.25) is 14.9 Å². The predicted octanol–water partition coefficient (Wildman–Crippen LogP) is 2.10. The molecule has 1 heterocycles. The van der Waals surface area contributed by atoms with Crippen molar-refractivity contribution in [2.75, 3.05) is 18.4 Å². The summed E-state index contributed by atoms with van der Waals surface area (Å²) in [6.07, 6.45) is 1.51. The lowest BCUT2D eigenvalue weighted by atomic mass is 10.2. The zero-order chi connectivity index (χ0) is 18.4. The molecule has 0 aliphatic heterocycles. The van der Waals surface area contributed by atoms with Crippen LogP contribution in [0.3, 0.4) is 0 Å². The van der Waals surface area contributed by atoms with Crippen LogP contribution in [0.15, 0.2) is 34.9 Å². The number of carbonyl (C=O) groups excluding carboxylic acids is 2. The first-order valence-electron chi connectivity index (χ1n) is 7.35. The van der Waals surface area contributed by atoms with Gasteiger partial charge in [-0.25, -0.2) is 13.2 Å². The van der Waals surface area contributed by atoms with Crippen molar-refractivity contribution in [2.24, 2.45) is 0 Å². The number of hydrogen-bond donors (Lipinski definition) is 3. The lowest BCUT2D eigenvalue weighted by molar-refractivity contribution is -0.123. The molecule has 2 amide bonds. The molecule has 0 aliphatic rings. The maximum absolute atomic E-state index is 13.4. The Hall–Kier alpha value is -2.81. The summed E-state index contributed by atoms with van der Waals surface area (Å²) in [7, 11) is 0. The third-order valence-electron chi connectivity index (χ3n) is 3.29. The van der Waals surface area contributed by atoms with Gasteiger partial charge in [0.05, 0.1) is 31.1 Å². The SMILES string of the molecule is C[C@H](NCC(=O)NCC(=O)Nc1ccc(F)c(F)c1F)c1ccco1. The molecule has 0 bridgehead atoms. The van der Waals surface area contributed by atoms with E-state index in [4.69, 9.17) is 4.42 Å². The summed E-state index contributed by atoms with van der Waals surface area (Å²) in [6, 6.07) is 4.84. The Balaban J connectivity index is 1.76. The average Bonchev–Trinajstić information content (AvgIpc) is 3.13. The van der Waals surface area contributed by atoms with Gasteiger partial charge in [-0.05, 0) is 31.2 Å². The first-order valence-corrected chi connectivity index (χ1v) is 7.35. The minimum absolute atomic E-state index is 0.0747. The molecule has 0 unspecified atom stereocenters. The zero-order valence-electron chi connectivity index (χ0n) is 13.2. The van der Waals surface area contributed by atoms with Crippen LogP contribution in [0.1, 0.15) is 18.7 Å². The number of halogens is 3. The summed E-state index contributed by atoms with van der Waals surface area (Å²) < 4.78 is 44.5. The van der Waals surface area contributed by atoms with Crippen molar-refractivity contribution in [1.29, 1.82) is 0 Å². The zero-order valence-corrected chi connectivity index (χ0v) is 13.2. The third-order valence-corrected chi connectivity index (χ3v) is 3.29. The number of furan rings is 1. The molecule has 3 N–H and O–H groups in total. The monoisotopic (exact) mass is 355 g/mol. The Bertz CT molecular complexity index is 751. The van der Waals surface area contributed by atoms with Crippen molar-refractivity contribution in [3.8, 4) is 0 Å². The van der Waals surface area contributed by atoms with E-state index in [0.717, 1.165) is 6.07 Å². The van der Waals surface area contributed by atoms with E-state index in [1.807, 2.05) is 0 Å². The van der Waals surface area contributed by atoms with Crippen molar-refractivity contribution in [1.82, 2.24) is 10.6 Å². The van der Waals surface area contributed by atoms with Crippen LogP contribution in [0.4, 0.5) is 18.9 Å². The first-order chi connectivity index (χ1) is 11.9. The van der Waals surface area contributed by atoms with E-state index in [2.05, 4.69) is 16.0 Å². The summed E-state index contributed by atoms with van der Waals surface area (Å²) in [5, 5.41) is 7.26. The highest BCUT2D eigenvalue weighted by molar-refractivity contribution is 5.94. The number of nitrogens with one attached hydrogen (secondary N) is 3. The molecule has 1 aromatic heterocycles. The van der Waals surface area contributed by atoms with Crippen LogP contribution in [0.2, 0.25) is 0 Å². The summed E-state index contributed by atoms with van der Waals surface area (Å²) >= 11 is 0. The Kier molecular flexibility index (Phi) is 6.18. The lowest BCUT2D eigenvalue weighted by Crippen LogP contribution is -2.39. The van der Waals surface area contributed by atoms with Crippen molar-refractivity contribution in [2.45, 2.75) is 13.0 Å². The second kappa shape index (κ2) is 8.34. The van der Waals surface area contributed by atoms with Crippen molar-refractivity contribution in [3.05, 3.63) is 53.7 Å². The number of carbonyl (C=O) groups is 2. The highest BCUT2D eigenvalue weighted by Gasteiger charge is 2.16. The summed E-state index contributed by atoms with van der Waals surface area (Å²) in [5.41, 5.74) is -0.511. The van der Waals surface area contributed by atoms with E-state index >= 15 is 0 Å². The molecule has 134 valence electrons. The van der Waals surface area contributed by atoms with Gasteiger partial charge < -0.3 is 15.1 Å². The fraction of sp³-hybridized carbons (Fsp3) is 0.250. The lowest BCUT2D eigenvalue weighted by Gasteiger charge is -2.11. The van der Waals surface area contributed by atoms with Crippen LogP contribution in [-0.4, -0.2) is 24.9 Å². The third kappa shape index (κ3) is 5.08. The van der Waals surface area contributed by atoms with Crippen LogP contribution in [-0.2, 0) is 9.59 Å². The Morgan fingerprint density at radius 1 is 1.08 bits per heavy atom. The van der Waals surface area contributed by atoms with E-state index < -0.39 is 41.5 Å². The number of amides is 2. The normalized spacial score (nSPS) is 11.8. The average molecular weight is 355 g/mol. The van der Waals surface area contributed by atoms with Crippen molar-refractivity contribution < 1.29 is 27.2 Å². The first kappa shape index (κ1) is 18.5. The molecule has 0 radical (unpaired) electrons. The van der Waals surface area contributed by atoms with Gasteiger partial charge in [0, 0.05) is 0 Å². The molecule has 25 heavy (non-hydrogen) atoms. The molecular formula is C16H16F3N3O3. The van der Waals surface area contributed by atoms with Gasteiger partial charge in [-0.15, -0.1) is 0 Å². The van der Waals surface area contributed by atoms with Crippen molar-refractivity contribution in [3.63, 3.8) is 0 Å². The molecule has 0 saturated carbocycles. The second-order valence-corrected chi connectivity index (χ2v) is 5.17. The molecule has 6 nitrogen and oxygen atoms in total. The molecule has 0 spiro atoms. The highest BCUT2D eigenvalue weighted by atomic mass is 19.2. The summed E-state index contributed by atoms with van der Waals surface area (Å²) in [6.45, 7) is 1.27. The number of hydrogen-bond acceptors (Lipinski definition) is 4. The Morgan fingerprint density at radius 2 is 1.84 bits per heavy atom. The Labute approximate surface area is 141 Å². The molecule has 0 saturated heterocycles. The Morgan fingerprint density at radius 3 is 2.52 bits per heavy atom. The van der Waals surface area contributed by atoms with Crippen LogP contribution < -0.4 is 16.0 Å². The van der Waals surface area contributed by atoms with Crippen LogP contribution in [0.5, 0.6) is 0 Å². The second-order valence-electron chi connectivity index (χ2n) is 5.17. The van der Waals surface area contributed by atoms with Gasteiger partial charge in [-0.2, -0.15) is 0 Å². The molecule has 0 aliphatic carbocycles. The van der Waals surface area contributed by atoms with E-state index in [1.54, 1.807) is 19.1 Å². The summed E-state index contributed by atoms with van der Waals surface area (Å²) in [5.74, 6) is -5.15. The molecule has 1 aromatic carbocycles. The minimum atomic E-state index is -1.68. The van der Waals surface area contributed by atoms with Gasteiger partial charge in [0.1, 0.15) is 5.76 Å². The number of anilines is 1. The fourth-order valence-corrected chi connectivity index (χ4v) is 1.94. The standard InChI is InChI=1S/C16H16F3N3O3/c1-9(12-3-2-6-25-12)20-7-13(23)21-8-14(24)22-11-5-4-10(17)15(18)16(11)19/h2-6,9,20H,7-8H2,1H3,(H,21,23)(H,22,24)/t9-/m0/s1. The van der Waals surface area contributed by atoms with Crippen LogP contribution in [0.25, 0.3) is 0 Å². The quantitative estimate of drug-likeness (QED) is 0.664. The van der Waals surface area contributed by atoms with E-state index in [-0.39, 0.29) is 12.6 Å². The number of rotatable bonds is 7. The van der Waals surface area contributed by atoms with Gasteiger partial charge in [0.2, 0.25) is 11.8 Å². The topological polar surface area (TPSA) is 83.4 Å². The minimum Gasteiger partial charge on any atom is -0.468 e. The maximum atomic E-state index is 13.4. The molecule has 9 heteroatoms.